The van der Waals surface area contributed by atoms with Gasteiger partial charge in [-0.05, 0) is 12.8 Å². The van der Waals surface area contributed by atoms with Crippen molar-refractivity contribution in [2.24, 2.45) is 0 Å². The second kappa shape index (κ2) is 7.71. The molecular formula is C10H15Cl2N3. The van der Waals surface area contributed by atoms with E-state index < -0.39 is 0 Å². The summed E-state index contributed by atoms with van der Waals surface area (Å²) in [4.78, 5) is 7.85. The van der Waals surface area contributed by atoms with Crippen LogP contribution in [0, 0.1) is 0 Å². The molecule has 3 nitrogen and oxygen atoms in total. The normalized spacial score (nSPS) is 10.3. The van der Waals surface area contributed by atoms with Gasteiger partial charge in [0.25, 0.3) is 0 Å². The second-order valence-electron chi connectivity index (χ2n) is 3.25. The number of halogens is 2. The van der Waals surface area contributed by atoms with Crippen LogP contribution in [0.5, 0.6) is 0 Å². The van der Waals surface area contributed by atoms with E-state index in [0.717, 1.165) is 25.3 Å². The van der Waals surface area contributed by atoms with Crippen molar-refractivity contribution < 1.29 is 0 Å². The van der Waals surface area contributed by atoms with Crippen LogP contribution in [0.25, 0.3) is 0 Å². The highest BCUT2D eigenvalue weighted by Gasteiger charge is 1.98. The fraction of sp³-hybridized carbons (Fsp3) is 0.600. The van der Waals surface area contributed by atoms with Crippen molar-refractivity contribution in [2.45, 2.75) is 25.7 Å². The van der Waals surface area contributed by atoms with E-state index in [1.165, 1.54) is 19.2 Å². The number of anilines is 1. The Morgan fingerprint density at radius 3 is 2.73 bits per heavy atom. The Hall–Kier alpha value is -0.540. The number of unbranched alkanes of at least 4 members (excludes halogenated alkanes) is 3. The molecule has 0 fully saturated rings. The zero-order valence-electron chi connectivity index (χ0n) is 8.55. The van der Waals surface area contributed by atoms with Crippen LogP contribution < -0.4 is 5.32 Å². The maximum atomic E-state index is 5.88. The number of alkyl halides is 1. The average molecular weight is 248 g/mol. The SMILES string of the molecule is ClCCCCCCNc1ncncc1Cl. The van der Waals surface area contributed by atoms with Gasteiger partial charge in [0.05, 0.1) is 6.20 Å². The van der Waals surface area contributed by atoms with E-state index in [4.69, 9.17) is 23.2 Å². The van der Waals surface area contributed by atoms with E-state index in [1.54, 1.807) is 6.20 Å². The average Bonchev–Trinajstić information content (AvgIpc) is 2.25. The summed E-state index contributed by atoms with van der Waals surface area (Å²) in [6.45, 7) is 0.888. The van der Waals surface area contributed by atoms with Crippen molar-refractivity contribution in [1.82, 2.24) is 9.97 Å². The van der Waals surface area contributed by atoms with Gasteiger partial charge in [-0.3, -0.25) is 0 Å². The van der Waals surface area contributed by atoms with Crippen LogP contribution in [0.15, 0.2) is 12.5 Å². The fourth-order valence-corrected chi connectivity index (χ4v) is 1.58. The van der Waals surface area contributed by atoms with E-state index in [2.05, 4.69) is 15.3 Å². The third-order valence-electron chi connectivity index (χ3n) is 2.02. The number of aromatic nitrogens is 2. The van der Waals surface area contributed by atoms with E-state index >= 15 is 0 Å². The monoisotopic (exact) mass is 247 g/mol. The molecule has 5 heteroatoms. The molecule has 0 saturated heterocycles. The Kier molecular flexibility index (Phi) is 6.44. The minimum atomic E-state index is 0.568. The highest BCUT2D eigenvalue weighted by atomic mass is 35.5. The van der Waals surface area contributed by atoms with Crippen molar-refractivity contribution >= 4 is 29.0 Å². The molecule has 0 spiro atoms. The summed E-state index contributed by atoms with van der Waals surface area (Å²) in [5.41, 5.74) is 0. The maximum Gasteiger partial charge on any atom is 0.148 e. The molecule has 0 aliphatic carbocycles. The highest BCUT2D eigenvalue weighted by molar-refractivity contribution is 6.32. The lowest BCUT2D eigenvalue weighted by Gasteiger charge is -2.05. The maximum absolute atomic E-state index is 5.88. The zero-order valence-corrected chi connectivity index (χ0v) is 10.1. The first-order chi connectivity index (χ1) is 7.34. The van der Waals surface area contributed by atoms with Crippen molar-refractivity contribution in [1.29, 1.82) is 0 Å². The molecule has 0 amide bonds. The molecule has 0 atom stereocenters. The van der Waals surface area contributed by atoms with Crippen LogP contribution in [0.3, 0.4) is 0 Å². The first-order valence-corrected chi connectivity index (χ1v) is 6.01. The van der Waals surface area contributed by atoms with E-state index in [-0.39, 0.29) is 0 Å². The summed E-state index contributed by atoms with van der Waals surface area (Å²) in [5, 5.41) is 3.74. The first-order valence-electron chi connectivity index (χ1n) is 5.10. The Labute approximate surface area is 100 Å². The fourth-order valence-electron chi connectivity index (χ4n) is 1.22. The van der Waals surface area contributed by atoms with Crippen molar-refractivity contribution in [3.63, 3.8) is 0 Å². The summed E-state index contributed by atoms with van der Waals surface area (Å²) in [6, 6.07) is 0. The van der Waals surface area contributed by atoms with Gasteiger partial charge in [0.15, 0.2) is 0 Å². The molecule has 0 bridgehead atoms. The zero-order chi connectivity index (χ0) is 10.9. The predicted molar refractivity (Wildman–Crippen MR) is 64.7 cm³/mol. The quantitative estimate of drug-likeness (QED) is 0.594. The highest BCUT2D eigenvalue weighted by Crippen LogP contribution is 2.15. The third kappa shape index (κ3) is 5.19. The molecule has 84 valence electrons. The molecular weight excluding hydrogens is 233 g/mol. The van der Waals surface area contributed by atoms with Gasteiger partial charge < -0.3 is 5.32 Å². The van der Waals surface area contributed by atoms with Crippen LogP contribution in [-0.4, -0.2) is 22.4 Å². The minimum absolute atomic E-state index is 0.568. The second-order valence-corrected chi connectivity index (χ2v) is 4.03. The molecule has 0 aliphatic heterocycles. The van der Waals surface area contributed by atoms with Crippen molar-refractivity contribution in [3.8, 4) is 0 Å². The molecule has 0 unspecified atom stereocenters. The van der Waals surface area contributed by atoms with Gasteiger partial charge >= 0.3 is 0 Å². The Bertz CT molecular complexity index is 281. The summed E-state index contributed by atoms with van der Waals surface area (Å²) >= 11 is 11.5. The topological polar surface area (TPSA) is 37.8 Å². The smallest absolute Gasteiger partial charge is 0.148 e. The van der Waals surface area contributed by atoms with Crippen LogP contribution in [0.2, 0.25) is 5.02 Å². The number of hydrogen-bond acceptors (Lipinski definition) is 3. The lowest BCUT2D eigenvalue weighted by atomic mass is 10.2. The largest absolute Gasteiger partial charge is 0.369 e. The van der Waals surface area contributed by atoms with Gasteiger partial charge in [-0.15, -0.1) is 11.6 Å². The molecule has 1 rings (SSSR count). The van der Waals surface area contributed by atoms with E-state index in [1.807, 2.05) is 0 Å². The molecule has 0 aliphatic rings. The van der Waals surface area contributed by atoms with Gasteiger partial charge in [0, 0.05) is 12.4 Å². The van der Waals surface area contributed by atoms with E-state index in [0.29, 0.717) is 10.8 Å². The first kappa shape index (κ1) is 12.5. The summed E-state index contributed by atoms with van der Waals surface area (Å²) in [7, 11) is 0. The van der Waals surface area contributed by atoms with Crippen LogP contribution in [0.4, 0.5) is 5.82 Å². The standard InChI is InChI=1S/C10H15Cl2N3/c11-5-3-1-2-4-6-14-10-9(12)7-13-8-15-10/h7-8H,1-6H2,(H,13,14,15). The molecule has 1 heterocycles. The lowest BCUT2D eigenvalue weighted by molar-refractivity contribution is 0.686. The van der Waals surface area contributed by atoms with Gasteiger partial charge in [0.1, 0.15) is 17.2 Å². The molecule has 1 aromatic rings. The molecule has 15 heavy (non-hydrogen) atoms. The van der Waals surface area contributed by atoms with Crippen LogP contribution in [0.1, 0.15) is 25.7 Å². The Morgan fingerprint density at radius 1 is 1.20 bits per heavy atom. The van der Waals surface area contributed by atoms with Crippen LogP contribution in [-0.2, 0) is 0 Å². The molecule has 0 saturated carbocycles. The molecule has 0 radical (unpaired) electrons. The number of nitrogens with zero attached hydrogens (tertiary/aromatic N) is 2. The minimum Gasteiger partial charge on any atom is -0.369 e. The van der Waals surface area contributed by atoms with Gasteiger partial charge in [-0.1, -0.05) is 24.4 Å². The number of rotatable bonds is 7. The van der Waals surface area contributed by atoms with Gasteiger partial charge in [-0.2, -0.15) is 0 Å². The molecule has 1 N–H and O–H groups in total. The predicted octanol–water partition coefficient (Wildman–Crippen LogP) is 3.34. The number of hydrogen-bond donors (Lipinski definition) is 1. The summed E-state index contributed by atoms with van der Waals surface area (Å²) in [6.07, 6.45) is 7.64. The number of nitrogens with one attached hydrogen (secondary N) is 1. The molecule has 0 aromatic carbocycles. The third-order valence-corrected chi connectivity index (χ3v) is 2.56. The Morgan fingerprint density at radius 2 is 2.00 bits per heavy atom. The van der Waals surface area contributed by atoms with Crippen molar-refractivity contribution in [2.75, 3.05) is 17.7 Å². The molecule has 1 aromatic heterocycles. The van der Waals surface area contributed by atoms with E-state index in [9.17, 15) is 0 Å². The Balaban J connectivity index is 2.12. The van der Waals surface area contributed by atoms with Gasteiger partial charge in [0.2, 0.25) is 0 Å². The summed E-state index contributed by atoms with van der Waals surface area (Å²) in [5.74, 6) is 1.47. The van der Waals surface area contributed by atoms with Crippen molar-refractivity contribution in [3.05, 3.63) is 17.5 Å². The van der Waals surface area contributed by atoms with Crippen LogP contribution >= 0.6 is 23.2 Å². The summed E-state index contributed by atoms with van der Waals surface area (Å²) < 4.78 is 0. The lowest BCUT2D eigenvalue weighted by Crippen LogP contribution is -2.04. The van der Waals surface area contributed by atoms with Gasteiger partial charge in [-0.25, -0.2) is 9.97 Å².